The van der Waals surface area contributed by atoms with E-state index >= 15 is 0 Å². The molecule has 0 aliphatic rings. The smallest absolute Gasteiger partial charge is 0.472 e. The number of ether oxygens (including phenoxy) is 2. The number of carboxylic acid groups (broad SMARTS) is 1. The number of rotatable bonds is 44. The van der Waals surface area contributed by atoms with Crippen molar-refractivity contribution in [1.82, 2.24) is 0 Å². The topological polar surface area (TPSA) is 172 Å². The Morgan fingerprint density at radius 1 is 0.526 bits per heavy atom. The zero-order chi connectivity index (χ0) is 42.1. The molecular formula is C45H86NO10P. The van der Waals surface area contributed by atoms with Crippen molar-refractivity contribution in [2.75, 3.05) is 19.8 Å². The predicted octanol–water partition coefficient (Wildman–Crippen LogP) is 12.5. The summed E-state index contributed by atoms with van der Waals surface area (Å²) in [5.41, 5.74) is 5.34. The Balaban J connectivity index is 4.28. The molecule has 0 fully saturated rings. The summed E-state index contributed by atoms with van der Waals surface area (Å²) < 4.78 is 32.7. The number of allylic oxidation sites excluding steroid dienone is 2. The van der Waals surface area contributed by atoms with Crippen molar-refractivity contribution in [3.63, 3.8) is 0 Å². The highest BCUT2D eigenvalue weighted by molar-refractivity contribution is 7.47. The van der Waals surface area contributed by atoms with Crippen LogP contribution in [-0.4, -0.2) is 59.9 Å². The average molecular weight is 832 g/mol. The molecule has 3 unspecified atom stereocenters. The lowest BCUT2D eigenvalue weighted by molar-refractivity contribution is -0.161. The highest BCUT2D eigenvalue weighted by Crippen LogP contribution is 2.43. The molecule has 0 saturated carbocycles. The number of carbonyl (C=O) groups excluding carboxylic acids is 2. The summed E-state index contributed by atoms with van der Waals surface area (Å²) in [6, 6.07) is -1.52. The van der Waals surface area contributed by atoms with Crippen LogP contribution in [0.15, 0.2) is 12.2 Å². The monoisotopic (exact) mass is 832 g/mol. The van der Waals surface area contributed by atoms with Crippen LogP contribution in [0.25, 0.3) is 0 Å². The zero-order valence-electron chi connectivity index (χ0n) is 36.5. The molecule has 0 saturated heterocycles. The number of hydrogen-bond acceptors (Lipinski definition) is 9. The van der Waals surface area contributed by atoms with Gasteiger partial charge in [-0.2, -0.15) is 0 Å². The van der Waals surface area contributed by atoms with Crippen LogP contribution in [-0.2, 0) is 37.5 Å². The Morgan fingerprint density at radius 2 is 0.877 bits per heavy atom. The van der Waals surface area contributed by atoms with Crippen molar-refractivity contribution in [2.24, 2.45) is 5.73 Å². The van der Waals surface area contributed by atoms with Crippen molar-refractivity contribution in [2.45, 2.75) is 238 Å². The van der Waals surface area contributed by atoms with E-state index in [1.807, 2.05) is 0 Å². The van der Waals surface area contributed by atoms with Crippen LogP contribution in [0.3, 0.4) is 0 Å². The second-order valence-electron chi connectivity index (χ2n) is 15.9. The van der Waals surface area contributed by atoms with Crippen LogP contribution >= 0.6 is 7.82 Å². The number of carboxylic acids is 1. The number of aliphatic carboxylic acids is 1. The van der Waals surface area contributed by atoms with E-state index in [0.29, 0.717) is 12.8 Å². The molecule has 0 aromatic rings. The third-order valence-corrected chi connectivity index (χ3v) is 11.2. The molecule has 4 N–H and O–H groups in total. The van der Waals surface area contributed by atoms with E-state index < -0.39 is 51.1 Å². The Labute approximate surface area is 348 Å². The van der Waals surface area contributed by atoms with E-state index in [9.17, 15) is 23.8 Å². The van der Waals surface area contributed by atoms with Gasteiger partial charge >= 0.3 is 25.7 Å². The van der Waals surface area contributed by atoms with Crippen molar-refractivity contribution in [3.05, 3.63) is 12.2 Å². The molecule has 0 spiro atoms. The molecule has 0 aliphatic carbocycles. The first kappa shape index (κ1) is 55.2. The Hall–Kier alpha value is -1.78. The van der Waals surface area contributed by atoms with Gasteiger partial charge in [-0.15, -0.1) is 0 Å². The number of phosphoric ester groups is 1. The van der Waals surface area contributed by atoms with Gasteiger partial charge in [-0.25, -0.2) is 4.57 Å². The normalized spacial score (nSPS) is 13.8. The molecule has 0 aromatic heterocycles. The van der Waals surface area contributed by atoms with Crippen LogP contribution in [0.1, 0.15) is 226 Å². The van der Waals surface area contributed by atoms with Crippen LogP contribution in [0.5, 0.6) is 0 Å². The third kappa shape index (κ3) is 40.8. The van der Waals surface area contributed by atoms with Gasteiger partial charge < -0.3 is 25.2 Å². The van der Waals surface area contributed by atoms with E-state index in [4.69, 9.17) is 24.8 Å². The number of phosphoric acid groups is 1. The summed E-state index contributed by atoms with van der Waals surface area (Å²) in [5.74, 6) is -2.36. The Kier molecular flexibility index (Phi) is 39.7. The fourth-order valence-electron chi connectivity index (χ4n) is 6.59. The van der Waals surface area contributed by atoms with E-state index in [1.165, 1.54) is 148 Å². The Bertz CT molecular complexity index is 1030. The van der Waals surface area contributed by atoms with Crippen molar-refractivity contribution in [1.29, 1.82) is 0 Å². The second-order valence-corrected chi connectivity index (χ2v) is 17.3. The van der Waals surface area contributed by atoms with Crippen molar-refractivity contribution in [3.8, 4) is 0 Å². The summed E-state index contributed by atoms with van der Waals surface area (Å²) in [6.07, 6.45) is 41.3. The first-order valence-corrected chi connectivity index (χ1v) is 24.7. The first-order valence-electron chi connectivity index (χ1n) is 23.2. The molecule has 0 radical (unpaired) electrons. The minimum atomic E-state index is -4.71. The molecule has 3 atom stereocenters. The first-order chi connectivity index (χ1) is 27.6. The van der Waals surface area contributed by atoms with Gasteiger partial charge in [0.25, 0.3) is 0 Å². The molecule has 0 rings (SSSR count). The maximum atomic E-state index is 12.6. The lowest BCUT2D eigenvalue weighted by atomic mass is 10.0. The quantitative estimate of drug-likeness (QED) is 0.0231. The molecule has 57 heavy (non-hydrogen) atoms. The molecular weight excluding hydrogens is 745 g/mol. The summed E-state index contributed by atoms with van der Waals surface area (Å²) in [4.78, 5) is 46.0. The van der Waals surface area contributed by atoms with Gasteiger partial charge in [0.15, 0.2) is 6.10 Å². The van der Waals surface area contributed by atoms with E-state index in [1.54, 1.807) is 0 Å². The molecule has 0 heterocycles. The Morgan fingerprint density at radius 3 is 1.28 bits per heavy atom. The standard InChI is InChI=1S/C45H86NO10P/c1-3-5-7-9-11-13-15-17-19-20-21-22-23-25-27-29-31-33-35-37-44(48)56-41(39-54-57(51,52)55-40-42(46)45(49)50)38-53-43(47)36-34-32-30-28-26-24-18-16-14-12-10-8-6-4-2/h17,19,41-42H,3-16,18,20-40,46H2,1-2H3,(H,49,50)(H,51,52)/b19-17-. The number of unbranched alkanes of at least 4 members (excludes halogenated alkanes) is 28. The summed E-state index contributed by atoms with van der Waals surface area (Å²) >= 11 is 0. The number of esters is 2. The average Bonchev–Trinajstić information content (AvgIpc) is 3.19. The number of nitrogens with two attached hydrogens (primary N) is 1. The van der Waals surface area contributed by atoms with Gasteiger partial charge in [-0.3, -0.25) is 23.4 Å². The molecule has 0 bridgehead atoms. The van der Waals surface area contributed by atoms with Gasteiger partial charge in [0.05, 0.1) is 13.2 Å². The van der Waals surface area contributed by atoms with E-state index in [2.05, 4.69) is 30.5 Å². The van der Waals surface area contributed by atoms with E-state index in [0.717, 1.165) is 38.5 Å². The van der Waals surface area contributed by atoms with Gasteiger partial charge in [-0.1, -0.05) is 187 Å². The van der Waals surface area contributed by atoms with Gasteiger partial charge in [-0.05, 0) is 38.5 Å². The fraction of sp³-hybridized carbons (Fsp3) is 0.889. The fourth-order valence-corrected chi connectivity index (χ4v) is 7.37. The zero-order valence-corrected chi connectivity index (χ0v) is 37.3. The maximum absolute atomic E-state index is 12.6. The highest BCUT2D eigenvalue weighted by atomic mass is 31.2. The van der Waals surface area contributed by atoms with E-state index in [-0.39, 0.29) is 19.4 Å². The minimum Gasteiger partial charge on any atom is -0.480 e. The third-order valence-electron chi connectivity index (χ3n) is 10.3. The molecule has 0 amide bonds. The van der Waals surface area contributed by atoms with Gasteiger partial charge in [0.1, 0.15) is 12.6 Å². The minimum absolute atomic E-state index is 0.163. The van der Waals surface area contributed by atoms with Crippen LogP contribution in [0.4, 0.5) is 0 Å². The molecule has 0 aliphatic heterocycles. The second kappa shape index (κ2) is 41.0. The summed E-state index contributed by atoms with van der Waals surface area (Å²) in [5, 5.41) is 8.90. The number of carbonyl (C=O) groups is 3. The summed E-state index contributed by atoms with van der Waals surface area (Å²) in [7, 11) is -4.71. The van der Waals surface area contributed by atoms with Crippen LogP contribution < -0.4 is 5.73 Å². The van der Waals surface area contributed by atoms with Gasteiger partial charge in [0.2, 0.25) is 0 Å². The SMILES string of the molecule is CCCCCCCC/C=C\CCCCCCCCCCCC(=O)OC(COC(=O)CCCCCCCCCCCCCCCC)COP(=O)(O)OCC(N)C(=O)O. The van der Waals surface area contributed by atoms with Gasteiger partial charge in [0, 0.05) is 12.8 Å². The predicted molar refractivity (Wildman–Crippen MR) is 231 cm³/mol. The van der Waals surface area contributed by atoms with Crippen molar-refractivity contribution >= 4 is 25.7 Å². The highest BCUT2D eigenvalue weighted by Gasteiger charge is 2.28. The number of hydrogen-bond donors (Lipinski definition) is 3. The molecule has 336 valence electrons. The lowest BCUT2D eigenvalue weighted by Gasteiger charge is -2.20. The largest absolute Gasteiger partial charge is 0.480 e. The van der Waals surface area contributed by atoms with Crippen LogP contribution in [0.2, 0.25) is 0 Å². The lowest BCUT2D eigenvalue weighted by Crippen LogP contribution is -2.34. The summed E-state index contributed by atoms with van der Waals surface area (Å²) in [6.45, 7) is 2.83. The molecule has 12 heteroatoms. The molecule has 11 nitrogen and oxygen atoms in total. The molecule has 0 aromatic carbocycles. The van der Waals surface area contributed by atoms with Crippen LogP contribution in [0, 0.1) is 0 Å². The maximum Gasteiger partial charge on any atom is 0.472 e. The van der Waals surface area contributed by atoms with Crippen molar-refractivity contribution < 1.29 is 47.5 Å².